The quantitative estimate of drug-likeness (QED) is 0.390. The maximum absolute atomic E-state index is 11.3. The zero-order valence-electron chi connectivity index (χ0n) is 18.5. The Kier molecular flexibility index (Phi) is 4.31. The highest BCUT2D eigenvalue weighted by molar-refractivity contribution is 5.78. The molecule has 2 aliphatic rings. The number of hydrogen-bond donors (Lipinski definition) is 0. The fraction of sp³-hybridized carbons (Fsp3) is 0.231. The second kappa shape index (κ2) is 6.85. The molecule has 162 valence electrons. The minimum Gasteiger partial charge on any atom is -0.493 e. The van der Waals surface area contributed by atoms with Gasteiger partial charge in [-0.3, -0.25) is 10.1 Å². The Labute approximate surface area is 186 Å². The average molecular weight is 428 g/mol. The van der Waals surface area contributed by atoms with E-state index in [9.17, 15) is 10.1 Å². The third-order valence-corrected chi connectivity index (χ3v) is 6.78. The lowest BCUT2D eigenvalue weighted by atomic mass is 9.76. The van der Waals surface area contributed by atoms with Crippen molar-refractivity contribution in [1.29, 1.82) is 0 Å². The van der Waals surface area contributed by atoms with Crippen molar-refractivity contribution in [3.8, 4) is 22.6 Å². The zero-order chi connectivity index (χ0) is 22.7. The minimum absolute atomic E-state index is 0.0281. The van der Waals surface area contributed by atoms with Crippen molar-refractivity contribution in [1.82, 2.24) is 0 Å². The molecule has 0 fully saturated rings. The van der Waals surface area contributed by atoms with Crippen LogP contribution < -0.4 is 14.4 Å². The molecular formula is C26H24N2O4. The Morgan fingerprint density at radius 1 is 1.03 bits per heavy atom. The van der Waals surface area contributed by atoms with Crippen LogP contribution in [0.4, 0.5) is 11.4 Å². The third-order valence-electron chi connectivity index (χ3n) is 6.78. The molecule has 32 heavy (non-hydrogen) atoms. The molecule has 0 aliphatic carbocycles. The molecule has 0 radical (unpaired) electrons. The number of methoxy groups -OCH3 is 1. The van der Waals surface area contributed by atoms with Crippen molar-refractivity contribution in [2.24, 2.45) is 0 Å². The largest absolute Gasteiger partial charge is 0.493 e. The van der Waals surface area contributed by atoms with E-state index in [1.165, 1.54) is 24.8 Å². The van der Waals surface area contributed by atoms with E-state index in [0.717, 1.165) is 16.8 Å². The number of nitro groups is 1. The van der Waals surface area contributed by atoms with Crippen LogP contribution in [0.5, 0.6) is 11.5 Å². The number of likely N-dealkylation sites (N-methyl/N-ethyl adjacent to an activating group) is 1. The molecule has 3 aromatic carbocycles. The molecule has 2 aliphatic heterocycles. The lowest BCUT2D eigenvalue weighted by molar-refractivity contribution is -0.385. The van der Waals surface area contributed by atoms with Gasteiger partial charge in [0, 0.05) is 24.4 Å². The highest BCUT2D eigenvalue weighted by atomic mass is 16.6. The smallest absolute Gasteiger partial charge is 0.274 e. The van der Waals surface area contributed by atoms with E-state index in [1.807, 2.05) is 37.4 Å². The molecule has 1 unspecified atom stereocenters. The second-order valence-corrected chi connectivity index (χ2v) is 8.74. The monoisotopic (exact) mass is 428 g/mol. The molecule has 5 rings (SSSR count). The summed E-state index contributed by atoms with van der Waals surface area (Å²) in [5.74, 6) is 0.861. The molecule has 2 heterocycles. The fourth-order valence-corrected chi connectivity index (χ4v) is 4.94. The number of hydrogen-bond acceptors (Lipinski definition) is 5. The second-order valence-electron chi connectivity index (χ2n) is 8.74. The van der Waals surface area contributed by atoms with Crippen molar-refractivity contribution in [2.75, 3.05) is 19.1 Å². The van der Waals surface area contributed by atoms with E-state index in [4.69, 9.17) is 9.47 Å². The van der Waals surface area contributed by atoms with Crippen molar-refractivity contribution in [3.63, 3.8) is 0 Å². The van der Waals surface area contributed by atoms with Gasteiger partial charge in [-0.05, 0) is 54.8 Å². The highest BCUT2D eigenvalue weighted by Gasteiger charge is 2.58. The molecule has 1 spiro atoms. The van der Waals surface area contributed by atoms with E-state index in [-0.39, 0.29) is 5.69 Å². The summed E-state index contributed by atoms with van der Waals surface area (Å²) < 4.78 is 12.2. The lowest BCUT2D eigenvalue weighted by Crippen LogP contribution is -2.58. The summed E-state index contributed by atoms with van der Waals surface area (Å²) >= 11 is 0. The molecule has 0 saturated heterocycles. The van der Waals surface area contributed by atoms with Crippen molar-refractivity contribution >= 4 is 17.5 Å². The van der Waals surface area contributed by atoms with Gasteiger partial charge in [0.2, 0.25) is 5.72 Å². The number of ether oxygens (including phenoxy) is 2. The minimum atomic E-state index is -0.805. The van der Waals surface area contributed by atoms with E-state index in [0.29, 0.717) is 17.1 Å². The van der Waals surface area contributed by atoms with Crippen molar-refractivity contribution in [3.05, 3.63) is 88.0 Å². The molecule has 3 aromatic rings. The van der Waals surface area contributed by atoms with Gasteiger partial charge in [0.1, 0.15) is 0 Å². The van der Waals surface area contributed by atoms with Gasteiger partial charge in [0.15, 0.2) is 11.5 Å². The van der Waals surface area contributed by atoms with E-state index in [1.54, 1.807) is 0 Å². The first-order chi connectivity index (χ1) is 15.3. The van der Waals surface area contributed by atoms with Gasteiger partial charge >= 0.3 is 0 Å². The summed E-state index contributed by atoms with van der Waals surface area (Å²) in [4.78, 5) is 13.0. The molecule has 1 atom stereocenters. The number of nitrogens with zero attached hydrogens (tertiary/aromatic N) is 2. The summed E-state index contributed by atoms with van der Waals surface area (Å²) in [5, 5.41) is 11.3. The summed E-state index contributed by atoms with van der Waals surface area (Å²) in [7, 11) is 3.51. The summed E-state index contributed by atoms with van der Waals surface area (Å²) in [6.45, 7) is 4.33. The maximum atomic E-state index is 11.3. The normalized spacial score (nSPS) is 19.9. The Balaban J connectivity index is 1.63. The fourth-order valence-electron chi connectivity index (χ4n) is 4.94. The number of rotatable bonds is 3. The summed E-state index contributed by atoms with van der Waals surface area (Å²) in [6, 6.07) is 19.7. The van der Waals surface area contributed by atoms with Gasteiger partial charge in [0.05, 0.1) is 23.5 Å². The standard InChI is InChI=1S/C26H24N2O4/c1-25(2)21-15-18(17-8-6-5-7-9-17)10-11-22(21)27(3)26(25)13-12-19-14-20(28(29)30)16-23(31-4)24(19)32-26/h5-16H,1-4H3. The topological polar surface area (TPSA) is 64.8 Å². The number of non-ortho nitro benzene ring substituents is 1. The highest BCUT2D eigenvalue weighted by Crippen LogP contribution is 2.56. The van der Waals surface area contributed by atoms with Gasteiger partial charge in [-0.25, -0.2) is 0 Å². The van der Waals surface area contributed by atoms with Crippen LogP contribution in [0.2, 0.25) is 0 Å². The van der Waals surface area contributed by atoms with Crippen LogP contribution in [0, 0.1) is 10.1 Å². The van der Waals surface area contributed by atoms with Gasteiger partial charge in [-0.1, -0.05) is 36.4 Å². The lowest BCUT2D eigenvalue weighted by Gasteiger charge is -2.45. The molecule has 0 aromatic heterocycles. The van der Waals surface area contributed by atoms with Crippen LogP contribution in [0.1, 0.15) is 25.0 Å². The van der Waals surface area contributed by atoms with E-state index in [2.05, 4.69) is 49.1 Å². The SMILES string of the molecule is COc1cc([N+](=O)[O-])cc2c1OC1(C=C2)N(C)c2ccc(-c3ccccc3)cc2C1(C)C. The van der Waals surface area contributed by atoms with Gasteiger partial charge in [-0.2, -0.15) is 0 Å². The van der Waals surface area contributed by atoms with Crippen LogP contribution in [0.15, 0.2) is 66.7 Å². The molecule has 0 bridgehead atoms. The first kappa shape index (κ1) is 20.1. The average Bonchev–Trinajstić information content (AvgIpc) is 2.96. The van der Waals surface area contributed by atoms with Gasteiger partial charge in [0.25, 0.3) is 5.69 Å². The van der Waals surface area contributed by atoms with Crippen LogP contribution in [0.25, 0.3) is 17.2 Å². The van der Waals surface area contributed by atoms with Gasteiger partial charge in [-0.15, -0.1) is 0 Å². The summed E-state index contributed by atoms with van der Waals surface area (Å²) in [6.07, 6.45) is 3.90. The molecule has 6 nitrogen and oxygen atoms in total. The zero-order valence-corrected chi connectivity index (χ0v) is 18.5. The predicted molar refractivity (Wildman–Crippen MR) is 125 cm³/mol. The van der Waals surface area contributed by atoms with Crippen LogP contribution in [0.3, 0.4) is 0 Å². The maximum Gasteiger partial charge on any atom is 0.274 e. The first-order valence-corrected chi connectivity index (χ1v) is 10.5. The van der Waals surface area contributed by atoms with Crippen molar-refractivity contribution < 1.29 is 14.4 Å². The van der Waals surface area contributed by atoms with E-state index < -0.39 is 16.1 Å². The molecule has 0 N–H and O–H groups in total. The Morgan fingerprint density at radius 2 is 1.78 bits per heavy atom. The number of fused-ring (bicyclic) bond motifs is 2. The number of anilines is 1. The van der Waals surface area contributed by atoms with Crippen LogP contribution >= 0.6 is 0 Å². The Hall–Kier alpha value is -3.80. The molecule has 0 amide bonds. The predicted octanol–water partition coefficient (Wildman–Crippen LogP) is 5.80. The third kappa shape index (κ3) is 2.65. The van der Waals surface area contributed by atoms with Crippen LogP contribution in [-0.2, 0) is 5.41 Å². The molecule has 6 heteroatoms. The first-order valence-electron chi connectivity index (χ1n) is 10.5. The number of benzene rings is 3. The van der Waals surface area contributed by atoms with Crippen molar-refractivity contribution in [2.45, 2.75) is 25.0 Å². The molecule has 0 saturated carbocycles. The van der Waals surface area contributed by atoms with Gasteiger partial charge < -0.3 is 14.4 Å². The summed E-state index contributed by atoms with van der Waals surface area (Å²) in [5.41, 5.74) is 3.96. The number of nitro benzene ring substituents is 1. The Bertz CT molecular complexity index is 1270. The van der Waals surface area contributed by atoms with Crippen LogP contribution in [-0.4, -0.2) is 24.8 Å². The van der Waals surface area contributed by atoms with E-state index >= 15 is 0 Å². The molecular weight excluding hydrogens is 404 g/mol. The Morgan fingerprint density at radius 3 is 2.47 bits per heavy atom.